The smallest absolute Gasteiger partial charge is 0.307 e. The molecular weight excluding hydrogens is 351 g/mol. The summed E-state index contributed by atoms with van der Waals surface area (Å²) in [6, 6.07) is 2.98. The van der Waals surface area contributed by atoms with Crippen molar-refractivity contribution in [1.82, 2.24) is 9.55 Å². The van der Waals surface area contributed by atoms with Gasteiger partial charge in [0.15, 0.2) is 0 Å². The van der Waals surface area contributed by atoms with Crippen LogP contribution in [0.15, 0.2) is 16.6 Å². The van der Waals surface area contributed by atoms with Gasteiger partial charge >= 0.3 is 5.97 Å². The minimum atomic E-state index is -0.384. The molecule has 1 atom stereocenters. The highest BCUT2D eigenvalue weighted by Crippen LogP contribution is 2.28. The first-order chi connectivity index (χ1) is 9.43. The van der Waals surface area contributed by atoms with Gasteiger partial charge in [0.25, 0.3) is 0 Å². The monoisotopic (exact) mass is 362 g/mol. The fourth-order valence-electron chi connectivity index (χ4n) is 1.98. The molecule has 1 aromatic heterocycles. The highest BCUT2D eigenvalue weighted by Gasteiger charge is 2.17. The summed E-state index contributed by atoms with van der Waals surface area (Å²) in [5.41, 5.74) is 1.24. The molecule has 108 valence electrons. The van der Waals surface area contributed by atoms with E-state index in [4.69, 9.17) is 11.6 Å². The van der Waals surface area contributed by atoms with Crippen molar-refractivity contribution in [1.29, 1.82) is 0 Å². The number of methoxy groups -OCH3 is 1. The Labute approximate surface area is 129 Å². The van der Waals surface area contributed by atoms with E-state index in [2.05, 4.69) is 25.7 Å². The molecule has 4 nitrogen and oxygen atoms in total. The zero-order valence-corrected chi connectivity index (χ0v) is 13.3. The normalized spacial score (nSPS) is 12.7. The number of halogens is 3. The zero-order chi connectivity index (χ0) is 14.9. The molecule has 0 spiro atoms. The number of fused-ring (bicyclic) bond motifs is 1. The van der Waals surface area contributed by atoms with E-state index in [-0.39, 0.29) is 23.6 Å². The maximum atomic E-state index is 13.7. The summed E-state index contributed by atoms with van der Waals surface area (Å²) in [7, 11) is 1.33. The van der Waals surface area contributed by atoms with Crippen LogP contribution < -0.4 is 0 Å². The minimum absolute atomic E-state index is 0.177. The van der Waals surface area contributed by atoms with Gasteiger partial charge in [-0.15, -0.1) is 11.6 Å². The summed E-state index contributed by atoms with van der Waals surface area (Å²) in [5, 5.41) is -0.345. The third-order valence-electron chi connectivity index (χ3n) is 2.94. The van der Waals surface area contributed by atoms with Gasteiger partial charge in [-0.05, 0) is 28.9 Å². The molecule has 0 radical (unpaired) electrons. The van der Waals surface area contributed by atoms with Gasteiger partial charge in [0.1, 0.15) is 11.6 Å². The minimum Gasteiger partial charge on any atom is -0.469 e. The summed E-state index contributed by atoms with van der Waals surface area (Å²) in [4.78, 5) is 15.7. The summed E-state index contributed by atoms with van der Waals surface area (Å²) >= 11 is 9.23. The first-order valence-electron chi connectivity index (χ1n) is 6.00. The zero-order valence-electron chi connectivity index (χ0n) is 11.0. The molecule has 0 saturated carbocycles. The molecule has 0 N–H and O–H groups in total. The average molecular weight is 364 g/mol. The maximum absolute atomic E-state index is 13.7. The number of hydrogen-bond donors (Lipinski definition) is 0. The third kappa shape index (κ3) is 2.96. The molecule has 2 aromatic rings. The molecule has 7 heteroatoms. The van der Waals surface area contributed by atoms with E-state index in [1.54, 1.807) is 17.6 Å². The highest BCUT2D eigenvalue weighted by atomic mass is 79.9. The number of rotatable bonds is 4. The van der Waals surface area contributed by atoms with E-state index < -0.39 is 0 Å². The molecule has 1 heterocycles. The number of aryl methyl sites for hydroxylation is 1. The summed E-state index contributed by atoms with van der Waals surface area (Å²) < 4.78 is 20.4. The number of nitrogens with zero attached hydrogens (tertiary/aromatic N) is 2. The van der Waals surface area contributed by atoms with Crippen molar-refractivity contribution in [2.24, 2.45) is 0 Å². The summed E-state index contributed by atoms with van der Waals surface area (Å²) in [6.07, 6.45) is 0.177. The lowest BCUT2D eigenvalue weighted by molar-refractivity contribution is -0.140. The lowest BCUT2D eigenvalue weighted by Crippen LogP contribution is -2.10. The van der Waals surface area contributed by atoms with Gasteiger partial charge in [-0.3, -0.25) is 4.79 Å². The Bertz CT molecular complexity index is 657. The molecule has 0 amide bonds. The predicted octanol–water partition coefficient (Wildman–Crippen LogP) is 3.80. The van der Waals surface area contributed by atoms with Crippen molar-refractivity contribution in [3.05, 3.63) is 28.2 Å². The van der Waals surface area contributed by atoms with Crippen molar-refractivity contribution in [2.45, 2.75) is 25.3 Å². The van der Waals surface area contributed by atoms with E-state index in [9.17, 15) is 9.18 Å². The molecule has 0 fully saturated rings. The van der Waals surface area contributed by atoms with Crippen molar-refractivity contribution >= 4 is 44.5 Å². The first-order valence-corrected chi connectivity index (χ1v) is 7.23. The average Bonchev–Trinajstić information content (AvgIpc) is 2.74. The van der Waals surface area contributed by atoms with E-state index in [0.29, 0.717) is 27.9 Å². The summed E-state index contributed by atoms with van der Waals surface area (Å²) in [5.74, 6) is -0.119. The third-order valence-corrected chi connectivity index (χ3v) is 3.75. The number of aromatic nitrogens is 2. The second kappa shape index (κ2) is 6.10. The van der Waals surface area contributed by atoms with Crippen LogP contribution in [-0.4, -0.2) is 22.6 Å². The molecule has 1 unspecified atom stereocenters. The highest BCUT2D eigenvalue weighted by molar-refractivity contribution is 9.10. The second-order valence-corrected chi connectivity index (χ2v) is 5.83. The predicted molar refractivity (Wildman–Crippen MR) is 78.3 cm³/mol. The fourth-order valence-corrected chi connectivity index (χ4v) is 2.48. The Morgan fingerprint density at radius 2 is 2.30 bits per heavy atom. The molecule has 1 aromatic carbocycles. The molecule has 0 aliphatic carbocycles. The van der Waals surface area contributed by atoms with Gasteiger partial charge in [-0.25, -0.2) is 9.37 Å². The lowest BCUT2D eigenvalue weighted by Gasteiger charge is -2.09. The van der Waals surface area contributed by atoms with Gasteiger partial charge in [-0.2, -0.15) is 0 Å². The molecule has 20 heavy (non-hydrogen) atoms. The lowest BCUT2D eigenvalue weighted by atomic mass is 10.3. The second-order valence-electron chi connectivity index (χ2n) is 4.32. The van der Waals surface area contributed by atoms with Crippen LogP contribution in [0.4, 0.5) is 4.39 Å². The van der Waals surface area contributed by atoms with E-state index in [0.717, 1.165) is 0 Å². The van der Waals surface area contributed by atoms with E-state index in [1.165, 1.54) is 13.2 Å². The number of benzene rings is 1. The number of ether oxygens (including phenoxy) is 1. The molecule has 0 aliphatic rings. The van der Waals surface area contributed by atoms with Crippen molar-refractivity contribution in [3.8, 4) is 0 Å². The quantitative estimate of drug-likeness (QED) is 0.613. The molecule has 0 bridgehead atoms. The SMILES string of the molecule is COC(=O)CCn1c(C(C)Cl)nc2cc(Br)c(F)cc21. The van der Waals surface area contributed by atoms with E-state index >= 15 is 0 Å². The Balaban J connectivity index is 2.50. The van der Waals surface area contributed by atoms with Gasteiger partial charge < -0.3 is 9.30 Å². The number of carbonyl (C=O) groups is 1. The Kier molecular flexibility index (Phi) is 4.65. The standard InChI is InChI=1S/C13H13BrClFN2O2/c1-7(15)13-17-10-5-8(14)9(16)6-11(10)18(13)4-3-12(19)20-2/h5-7H,3-4H2,1-2H3. The molecule has 2 rings (SSSR count). The van der Waals surface area contributed by atoms with Crippen LogP contribution in [0.1, 0.15) is 24.5 Å². The van der Waals surface area contributed by atoms with E-state index in [1.807, 2.05) is 0 Å². The van der Waals surface area contributed by atoms with Gasteiger partial charge in [0.2, 0.25) is 0 Å². The van der Waals surface area contributed by atoms with Crippen LogP contribution in [0.2, 0.25) is 0 Å². The van der Waals surface area contributed by atoms with Gasteiger partial charge in [0, 0.05) is 12.6 Å². The van der Waals surface area contributed by atoms with Crippen LogP contribution in [-0.2, 0) is 16.1 Å². The van der Waals surface area contributed by atoms with Crippen LogP contribution >= 0.6 is 27.5 Å². The van der Waals surface area contributed by atoms with Crippen LogP contribution in [0.5, 0.6) is 0 Å². The Morgan fingerprint density at radius 3 is 2.90 bits per heavy atom. The van der Waals surface area contributed by atoms with Crippen LogP contribution in [0, 0.1) is 5.82 Å². The largest absolute Gasteiger partial charge is 0.469 e. The maximum Gasteiger partial charge on any atom is 0.307 e. The first kappa shape index (κ1) is 15.3. The summed E-state index contributed by atoms with van der Waals surface area (Å²) in [6.45, 7) is 2.12. The van der Waals surface area contributed by atoms with Crippen molar-refractivity contribution in [2.75, 3.05) is 7.11 Å². The Hall–Kier alpha value is -1.14. The van der Waals surface area contributed by atoms with Gasteiger partial charge in [0.05, 0.1) is 34.4 Å². The molecular formula is C13H13BrClFN2O2. The Morgan fingerprint density at radius 1 is 1.60 bits per heavy atom. The topological polar surface area (TPSA) is 44.1 Å². The number of hydrogen-bond acceptors (Lipinski definition) is 3. The number of alkyl halides is 1. The fraction of sp³-hybridized carbons (Fsp3) is 0.385. The number of carbonyl (C=O) groups excluding carboxylic acids is 1. The van der Waals surface area contributed by atoms with Crippen molar-refractivity contribution < 1.29 is 13.9 Å². The van der Waals surface area contributed by atoms with Crippen LogP contribution in [0.25, 0.3) is 11.0 Å². The number of esters is 1. The molecule has 0 saturated heterocycles. The number of imidazole rings is 1. The van der Waals surface area contributed by atoms with Crippen molar-refractivity contribution in [3.63, 3.8) is 0 Å². The molecule has 0 aliphatic heterocycles. The van der Waals surface area contributed by atoms with Gasteiger partial charge in [-0.1, -0.05) is 0 Å². The van der Waals surface area contributed by atoms with Crippen LogP contribution in [0.3, 0.4) is 0 Å².